The van der Waals surface area contributed by atoms with Gasteiger partial charge in [-0.25, -0.2) is 0 Å². The van der Waals surface area contributed by atoms with E-state index in [1.807, 2.05) is 13.0 Å². The summed E-state index contributed by atoms with van der Waals surface area (Å²) < 4.78 is 6.06. The number of nitro benzene ring substituents is 1. The van der Waals surface area contributed by atoms with Crippen LogP contribution in [0.25, 0.3) is 11.0 Å². The van der Waals surface area contributed by atoms with Gasteiger partial charge in [0.2, 0.25) is 0 Å². The van der Waals surface area contributed by atoms with Crippen LogP contribution in [0.15, 0.2) is 21.0 Å². The summed E-state index contributed by atoms with van der Waals surface area (Å²) in [5.41, 5.74) is 1.40. The molecule has 1 heterocycles. The molecule has 5 heteroatoms. The lowest BCUT2D eigenvalue weighted by molar-refractivity contribution is -0.385. The van der Waals surface area contributed by atoms with Crippen molar-refractivity contribution >= 4 is 32.6 Å². The van der Waals surface area contributed by atoms with Crippen LogP contribution < -0.4 is 0 Å². The third-order valence-electron chi connectivity index (χ3n) is 2.32. The number of hydrogen-bond donors (Lipinski definition) is 0. The van der Waals surface area contributed by atoms with E-state index in [-0.39, 0.29) is 10.6 Å². The highest BCUT2D eigenvalue weighted by molar-refractivity contribution is 9.10. The standard InChI is InChI=1S/C10H8BrNO3/c1-5-3-7-6(2)9(12(13)14)4-8(11)10(7)15-5/h3-4H,1-2H3. The first-order valence-electron chi connectivity index (χ1n) is 4.34. The molecule has 4 nitrogen and oxygen atoms in total. The third kappa shape index (κ3) is 1.52. The first kappa shape index (κ1) is 10.2. The van der Waals surface area contributed by atoms with Crippen molar-refractivity contribution in [3.05, 3.63) is 38.0 Å². The molecule has 0 atom stereocenters. The van der Waals surface area contributed by atoms with Crippen molar-refractivity contribution in [3.8, 4) is 0 Å². The van der Waals surface area contributed by atoms with Crippen molar-refractivity contribution in [2.75, 3.05) is 0 Å². The number of rotatable bonds is 1. The second-order valence-electron chi connectivity index (χ2n) is 3.36. The number of hydrogen-bond acceptors (Lipinski definition) is 3. The number of aryl methyl sites for hydroxylation is 2. The molecule has 1 aromatic carbocycles. The van der Waals surface area contributed by atoms with Gasteiger partial charge in [-0.2, -0.15) is 0 Å². The Morgan fingerprint density at radius 1 is 1.40 bits per heavy atom. The molecule has 2 rings (SSSR count). The van der Waals surface area contributed by atoms with E-state index in [4.69, 9.17) is 4.42 Å². The molecule has 0 aliphatic rings. The molecule has 0 unspecified atom stereocenters. The van der Waals surface area contributed by atoms with Gasteiger partial charge in [0, 0.05) is 17.0 Å². The van der Waals surface area contributed by atoms with Gasteiger partial charge in [-0.1, -0.05) is 0 Å². The van der Waals surface area contributed by atoms with E-state index >= 15 is 0 Å². The Kier molecular flexibility index (Phi) is 2.26. The lowest BCUT2D eigenvalue weighted by Gasteiger charge is -1.99. The van der Waals surface area contributed by atoms with Crippen LogP contribution in [0.2, 0.25) is 0 Å². The van der Waals surface area contributed by atoms with E-state index in [2.05, 4.69) is 15.9 Å². The van der Waals surface area contributed by atoms with Gasteiger partial charge in [0.15, 0.2) is 0 Å². The summed E-state index contributed by atoms with van der Waals surface area (Å²) in [7, 11) is 0. The molecule has 78 valence electrons. The first-order chi connectivity index (χ1) is 7.00. The van der Waals surface area contributed by atoms with E-state index < -0.39 is 0 Å². The van der Waals surface area contributed by atoms with Crippen molar-refractivity contribution in [2.24, 2.45) is 0 Å². The quantitative estimate of drug-likeness (QED) is 0.586. The zero-order valence-electron chi connectivity index (χ0n) is 8.20. The predicted octanol–water partition coefficient (Wildman–Crippen LogP) is 3.72. The number of fused-ring (bicyclic) bond motifs is 1. The molecule has 15 heavy (non-hydrogen) atoms. The van der Waals surface area contributed by atoms with Gasteiger partial charge in [0.1, 0.15) is 11.3 Å². The van der Waals surface area contributed by atoms with Gasteiger partial charge >= 0.3 is 0 Å². The SMILES string of the molecule is Cc1cc2c(C)c([N+](=O)[O-])cc(Br)c2o1. The maximum absolute atomic E-state index is 10.8. The van der Waals surface area contributed by atoms with Crippen molar-refractivity contribution in [2.45, 2.75) is 13.8 Å². The average Bonchev–Trinajstić information content (AvgIpc) is 2.53. The minimum absolute atomic E-state index is 0.107. The number of halogens is 1. The van der Waals surface area contributed by atoms with Crippen LogP contribution in [-0.4, -0.2) is 4.92 Å². The monoisotopic (exact) mass is 269 g/mol. The topological polar surface area (TPSA) is 56.3 Å². The van der Waals surface area contributed by atoms with Gasteiger partial charge in [0.05, 0.1) is 9.40 Å². The molecule has 0 radical (unpaired) electrons. The molecule has 0 N–H and O–H groups in total. The van der Waals surface area contributed by atoms with Crippen LogP contribution >= 0.6 is 15.9 Å². The Bertz CT molecular complexity index is 559. The summed E-state index contributed by atoms with van der Waals surface area (Å²) in [5.74, 6) is 0.745. The molecule has 0 aliphatic heterocycles. The van der Waals surface area contributed by atoms with Gasteiger partial charge in [-0.3, -0.25) is 10.1 Å². The molecule has 0 fully saturated rings. The minimum atomic E-state index is -0.387. The van der Waals surface area contributed by atoms with Gasteiger partial charge in [-0.15, -0.1) is 0 Å². The van der Waals surface area contributed by atoms with Crippen molar-refractivity contribution in [1.82, 2.24) is 0 Å². The van der Waals surface area contributed by atoms with Gasteiger partial charge in [-0.05, 0) is 35.8 Å². The maximum Gasteiger partial charge on any atom is 0.274 e. The van der Waals surface area contributed by atoms with E-state index in [9.17, 15) is 10.1 Å². The molecule has 0 bridgehead atoms. The normalized spacial score (nSPS) is 10.9. The summed E-state index contributed by atoms with van der Waals surface area (Å²) in [6, 6.07) is 3.28. The van der Waals surface area contributed by atoms with Crippen molar-refractivity contribution in [3.63, 3.8) is 0 Å². The van der Waals surface area contributed by atoms with Crippen LogP contribution in [0.1, 0.15) is 11.3 Å². The van der Waals surface area contributed by atoms with E-state index in [0.717, 1.165) is 11.1 Å². The maximum atomic E-state index is 10.8. The molecule has 0 spiro atoms. The molecule has 0 aliphatic carbocycles. The van der Waals surface area contributed by atoms with Crippen LogP contribution in [-0.2, 0) is 0 Å². The second-order valence-corrected chi connectivity index (χ2v) is 4.21. The van der Waals surface area contributed by atoms with Crippen LogP contribution in [0.5, 0.6) is 0 Å². The summed E-state index contributed by atoms with van der Waals surface area (Å²) >= 11 is 3.27. The van der Waals surface area contributed by atoms with Gasteiger partial charge < -0.3 is 4.42 Å². The Morgan fingerprint density at radius 2 is 2.07 bits per heavy atom. The zero-order valence-corrected chi connectivity index (χ0v) is 9.79. The first-order valence-corrected chi connectivity index (χ1v) is 5.13. The highest BCUT2D eigenvalue weighted by atomic mass is 79.9. The highest BCUT2D eigenvalue weighted by Gasteiger charge is 2.18. The Hall–Kier alpha value is -1.36. The summed E-state index contributed by atoms with van der Waals surface area (Å²) in [5, 5.41) is 11.6. The fourth-order valence-corrected chi connectivity index (χ4v) is 2.10. The smallest absolute Gasteiger partial charge is 0.274 e. The largest absolute Gasteiger partial charge is 0.460 e. The molecule has 0 saturated carbocycles. The summed E-state index contributed by atoms with van der Waals surface area (Å²) in [6.07, 6.45) is 0. The van der Waals surface area contributed by atoms with Crippen LogP contribution in [0.3, 0.4) is 0 Å². The van der Waals surface area contributed by atoms with Crippen LogP contribution in [0, 0.1) is 24.0 Å². The molecule has 0 saturated heterocycles. The fraction of sp³-hybridized carbons (Fsp3) is 0.200. The van der Waals surface area contributed by atoms with E-state index in [1.54, 1.807) is 6.92 Å². The Morgan fingerprint density at radius 3 is 2.67 bits per heavy atom. The number of nitro groups is 1. The number of benzene rings is 1. The average molecular weight is 270 g/mol. The molecular formula is C10H8BrNO3. The molecular weight excluding hydrogens is 262 g/mol. The van der Waals surface area contributed by atoms with E-state index in [0.29, 0.717) is 15.6 Å². The van der Waals surface area contributed by atoms with Crippen molar-refractivity contribution in [1.29, 1.82) is 0 Å². The zero-order chi connectivity index (χ0) is 11.2. The summed E-state index contributed by atoms with van der Waals surface area (Å²) in [4.78, 5) is 10.4. The molecule has 0 amide bonds. The second kappa shape index (κ2) is 3.34. The number of furan rings is 1. The number of nitrogens with zero attached hydrogens (tertiary/aromatic N) is 1. The predicted molar refractivity (Wildman–Crippen MR) is 60.0 cm³/mol. The van der Waals surface area contributed by atoms with E-state index in [1.165, 1.54) is 6.07 Å². The van der Waals surface area contributed by atoms with Gasteiger partial charge in [0.25, 0.3) is 5.69 Å². The Labute approximate surface area is 94.2 Å². The lowest BCUT2D eigenvalue weighted by Crippen LogP contribution is -1.91. The minimum Gasteiger partial charge on any atom is -0.460 e. The fourth-order valence-electron chi connectivity index (χ4n) is 1.59. The highest BCUT2D eigenvalue weighted by Crippen LogP contribution is 2.35. The Balaban J connectivity index is 2.89. The molecule has 2 aromatic rings. The van der Waals surface area contributed by atoms with Crippen molar-refractivity contribution < 1.29 is 9.34 Å². The third-order valence-corrected chi connectivity index (χ3v) is 2.91. The van der Waals surface area contributed by atoms with Crippen LogP contribution in [0.4, 0.5) is 5.69 Å². The molecule has 1 aromatic heterocycles. The summed E-state index contributed by atoms with van der Waals surface area (Å²) in [6.45, 7) is 3.54. The lowest BCUT2D eigenvalue weighted by atomic mass is 10.1.